The zero-order valence-corrected chi connectivity index (χ0v) is 10.8. The van der Waals surface area contributed by atoms with E-state index in [0.29, 0.717) is 13.1 Å². The molecular formula is C10H23N3O2S. The Labute approximate surface area is 98.4 Å². The van der Waals surface area contributed by atoms with Crippen LogP contribution in [0.2, 0.25) is 0 Å². The first-order valence-corrected chi connectivity index (χ1v) is 7.47. The van der Waals surface area contributed by atoms with E-state index >= 15 is 0 Å². The van der Waals surface area contributed by atoms with Crippen molar-refractivity contribution < 1.29 is 8.42 Å². The smallest absolute Gasteiger partial charge is 0.277 e. The lowest BCUT2D eigenvalue weighted by Gasteiger charge is -2.43. The highest BCUT2D eigenvalue weighted by Gasteiger charge is 2.41. The molecule has 0 radical (unpaired) electrons. The predicted octanol–water partition coefficient (Wildman–Crippen LogP) is 0.564. The summed E-state index contributed by atoms with van der Waals surface area (Å²) in [5.41, 5.74) is 5.38. The van der Waals surface area contributed by atoms with Crippen LogP contribution in [-0.4, -0.2) is 31.4 Å². The molecule has 0 aliphatic heterocycles. The van der Waals surface area contributed by atoms with Gasteiger partial charge < -0.3 is 5.73 Å². The molecule has 1 fully saturated rings. The highest BCUT2D eigenvalue weighted by molar-refractivity contribution is 7.86. The molecule has 0 atom stereocenters. The van der Waals surface area contributed by atoms with Crippen molar-refractivity contribution in [3.8, 4) is 0 Å². The molecule has 96 valence electrons. The molecule has 1 rings (SSSR count). The average Bonchev–Trinajstić information content (AvgIpc) is 2.25. The minimum Gasteiger partial charge on any atom is -0.329 e. The van der Waals surface area contributed by atoms with Gasteiger partial charge in [-0.05, 0) is 19.3 Å². The lowest BCUT2D eigenvalue weighted by Crippen LogP contribution is -2.59. The summed E-state index contributed by atoms with van der Waals surface area (Å²) >= 11 is 0. The largest absolute Gasteiger partial charge is 0.329 e. The van der Waals surface area contributed by atoms with Crippen LogP contribution in [0, 0.1) is 0 Å². The molecule has 0 aromatic carbocycles. The Morgan fingerprint density at radius 2 is 1.81 bits per heavy atom. The van der Waals surface area contributed by atoms with Crippen LogP contribution >= 0.6 is 0 Å². The van der Waals surface area contributed by atoms with Crippen LogP contribution in [0.15, 0.2) is 0 Å². The molecule has 16 heavy (non-hydrogen) atoms. The van der Waals surface area contributed by atoms with Gasteiger partial charge in [0.15, 0.2) is 0 Å². The van der Waals surface area contributed by atoms with Crippen molar-refractivity contribution in [2.75, 3.05) is 13.1 Å². The van der Waals surface area contributed by atoms with E-state index in [4.69, 9.17) is 10.9 Å². The van der Waals surface area contributed by atoms with Crippen molar-refractivity contribution in [2.45, 2.75) is 51.0 Å². The quantitative estimate of drug-likeness (QED) is 0.746. The molecule has 0 unspecified atom stereocenters. The fraction of sp³-hybridized carbons (Fsp3) is 1.00. The molecule has 0 heterocycles. The van der Waals surface area contributed by atoms with Crippen molar-refractivity contribution in [3.05, 3.63) is 0 Å². The third-order valence-corrected chi connectivity index (χ3v) is 4.61. The molecular weight excluding hydrogens is 226 g/mol. The fourth-order valence-electron chi connectivity index (χ4n) is 2.60. The van der Waals surface area contributed by atoms with Crippen LogP contribution in [0.3, 0.4) is 0 Å². The monoisotopic (exact) mass is 249 g/mol. The number of rotatable bonds is 5. The Hall–Kier alpha value is -0.170. The standard InChI is InChI=1S/C10H23N3O2S/c1-2-8-13(16(12,14)15)10(9-11)6-4-3-5-7-10/h2-9,11H2,1H3,(H2,12,14,15). The Morgan fingerprint density at radius 3 is 2.19 bits per heavy atom. The van der Waals surface area contributed by atoms with E-state index in [-0.39, 0.29) is 0 Å². The van der Waals surface area contributed by atoms with E-state index in [0.717, 1.165) is 38.5 Å². The molecule has 0 amide bonds. The van der Waals surface area contributed by atoms with Crippen molar-refractivity contribution >= 4 is 10.2 Å². The Kier molecular flexibility index (Phi) is 4.73. The first-order valence-electron chi connectivity index (χ1n) is 5.97. The van der Waals surface area contributed by atoms with Crippen molar-refractivity contribution in [1.82, 2.24) is 4.31 Å². The minimum atomic E-state index is -3.64. The van der Waals surface area contributed by atoms with Crippen molar-refractivity contribution in [1.29, 1.82) is 0 Å². The lowest BCUT2D eigenvalue weighted by molar-refractivity contribution is 0.136. The zero-order valence-electron chi connectivity index (χ0n) is 9.98. The van der Waals surface area contributed by atoms with Gasteiger partial charge in [-0.1, -0.05) is 26.2 Å². The Bertz CT molecular complexity index is 310. The molecule has 1 aliphatic rings. The molecule has 5 nitrogen and oxygen atoms in total. The summed E-state index contributed by atoms with van der Waals surface area (Å²) in [5, 5.41) is 5.30. The third kappa shape index (κ3) is 2.94. The molecule has 1 saturated carbocycles. The van der Waals surface area contributed by atoms with Gasteiger partial charge in [0, 0.05) is 18.6 Å². The second-order valence-electron chi connectivity index (χ2n) is 4.61. The van der Waals surface area contributed by atoms with Crippen LogP contribution in [0.1, 0.15) is 45.4 Å². The van der Waals surface area contributed by atoms with Gasteiger partial charge in [-0.15, -0.1) is 0 Å². The summed E-state index contributed by atoms with van der Waals surface area (Å²) in [5.74, 6) is 0. The number of nitrogens with two attached hydrogens (primary N) is 2. The minimum absolute atomic E-state index is 0.365. The fourth-order valence-corrected chi connectivity index (χ4v) is 3.84. The van der Waals surface area contributed by atoms with Crippen LogP contribution in [-0.2, 0) is 10.2 Å². The van der Waals surface area contributed by atoms with Crippen LogP contribution in [0.25, 0.3) is 0 Å². The van der Waals surface area contributed by atoms with E-state index < -0.39 is 15.7 Å². The van der Waals surface area contributed by atoms with Crippen LogP contribution in [0.4, 0.5) is 0 Å². The summed E-state index contributed by atoms with van der Waals surface area (Å²) in [6, 6.07) is 0. The Morgan fingerprint density at radius 1 is 1.25 bits per heavy atom. The van der Waals surface area contributed by atoms with E-state index in [9.17, 15) is 8.42 Å². The van der Waals surface area contributed by atoms with Gasteiger partial charge in [0.1, 0.15) is 0 Å². The normalized spacial score (nSPS) is 21.2. The summed E-state index contributed by atoms with van der Waals surface area (Å²) in [7, 11) is -3.64. The van der Waals surface area contributed by atoms with Crippen molar-refractivity contribution in [2.24, 2.45) is 10.9 Å². The second-order valence-corrected chi connectivity index (χ2v) is 6.08. The first-order chi connectivity index (χ1) is 7.46. The zero-order chi connectivity index (χ0) is 12.2. The van der Waals surface area contributed by atoms with Gasteiger partial charge in [-0.25, -0.2) is 5.14 Å². The van der Waals surface area contributed by atoms with Crippen LogP contribution in [0.5, 0.6) is 0 Å². The molecule has 6 heteroatoms. The maximum atomic E-state index is 11.6. The van der Waals surface area contributed by atoms with Gasteiger partial charge in [0.05, 0.1) is 0 Å². The van der Waals surface area contributed by atoms with Gasteiger partial charge in [0.25, 0.3) is 10.2 Å². The molecule has 0 bridgehead atoms. The van der Waals surface area contributed by atoms with Gasteiger partial charge in [-0.3, -0.25) is 0 Å². The highest BCUT2D eigenvalue weighted by atomic mass is 32.2. The van der Waals surface area contributed by atoms with E-state index in [1.165, 1.54) is 4.31 Å². The summed E-state index contributed by atoms with van der Waals surface area (Å²) in [4.78, 5) is 0. The highest BCUT2D eigenvalue weighted by Crippen LogP contribution is 2.34. The first kappa shape index (κ1) is 13.9. The van der Waals surface area contributed by atoms with Crippen LogP contribution < -0.4 is 10.9 Å². The molecule has 0 aromatic rings. The van der Waals surface area contributed by atoms with Crippen molar-refractivity contribution in [3.63, 3.8) is 0 Å². The second kappa shape index (κ2) is 5.44. The van der Waals surface area contributed by atoms with E-state index in [2.05, 4.69) is 0 Å². The third-order valence-electron chi connectivity index (χ3n) is 3.43. The van der Waals surface area contributed by atoms with Gasteiger partial charge in [0.2, 0.25) is 0 Å². The van der Waals surface area contributed by atoms with E-state index in [1.807, 2.05) is 6.92 Å². The molecule has 0 spiro atoms. The topological polar surface area (TPSA) is 89.4 Å². The number of nitrogens with zero attached hydrogens (tertiary/aromatic N) is 1. The van der Waals surface area contributed by atoms with Gasteiger partial charge >= 0.3 is 0 Å². The SMILES string of the molecule is CCCN(C1(CN)CCCCC1)S(N)(=O)=O. The van der Waals surface area contributed by atoms with E-state index in [1.54, 1.807) is 0 Å². The molecule has 4 N–H and O–H groups in total. The summed E-state index contributed by atoms with van der Waals surface area (Å²) in [6.45, 7) is 2.78. The summed E-state index contributed by atoms with van der Waals surface area (Å²) < 4.78 is 24.7. The number of hydrogen-bond acceptors (Lipinski definition) is 3. The number of hydrogen-bond donors (Lipinski definition) is 2. The maximum Gasteiger partial charge on any atom is 0.277 e. The van der Waals surface area contributed by atoms with Gasteiger partial charge in [-0.2, -0.15) is 12.7 Å². The molecule has 1 aliphatic carbocycles. The predicted molar refractivity (Wildman–Crippen MR) is 65.0 cm³/mol. The summed E-state index contributed by atoms with van der Waals surface area (Å²) in [6.07, 6.45) is 5.66. The Balaban J connectivity index is 2.97. The molecule has 0 saturated heterocycles. The molecule has 0 aromatic heterocycles. The maximum absolute atomic E-state index is 11.6. The average molecular weight is 249 g/mol. The lowest BCUT2D eigenvalue weighted by atomic mass is 9.81.